The quantitative estimate of drug-likeness (QED) is 0.683. The van der Waals surface area contributed by atoms with Crippen LogP contribution in [0, 0.1) is 5.92 Å². The first kappa shape index (κ1) is 18.6. The average Bonchev–Trinajstić information content (AvgIpc) is 2.77. The second-order valence-corrected chi connectivity index (χ2v) is 7.46. The van der Waals surface area contributed by atoms with E-state index in [-0.39, 0.29) is 21.5 Å². The van der Waals surface area contributed by atoms with Crippen molar-refractivity contribution in [2.24, 2.45) is 5.92 Å². The zero-order valence-electron chi connectivity index (χ0n) is 12.8. The van der Waals surface area contributed by atoms with Gasteiger partial charge in [-0.15, -0.1) is 0 Å². The van der Waals surface area contributed by atoms with E-state index in [9.17, 15) is 8.42 Å². The third-order valence-electron chi connectivity index (χ3n) is 3.00. The van der Waals surface area contributed by atoms with Crippen molar-refractivity contribution in [3.8, 4) is 0 Å². The summed E-state index contributed by atoms with van der Waals surface area (Å²) in [5, 5.41) is 3.09. The number of rotatable bonds is 9. The Labute approximate surface area is 134 Å². The van der Waals surface area contributed by atoms with Crippen molar-refractivity contribution in [2.45, 2.75) is 38.3 Å². The molecule has 1 aromatic rings. The smallest absolute Gasteiger partial charge is 0.245 e. The fourth-order valence-electron chi connectivity index (χ4n) is 1.72. The molecule has 1 heterocycles. The van der Waals surface area contributed by atoms with E-state index in [4.69, 9.17) is 9.15 Å². The normalized spacial score (nSPS) is 13.8. The van der Waals surface area contributed by atoms with Crippen LogP contribution < -0.4 is 10.0 Å². The fourth-order valence-corrected chi connectivity index (χ4v) is 4.09. The number of nitrogens with one attached hydrogen (secondary N) is 2. The molecular formula is C13H23BrN2O4S. The molecule has 2 N–H and O–H groups in total. The number of furan rings is 1. The first-order valence-electron chi connectivity index (χ1n) is 6.82. The highest BCUT2D eigenvalue weighted by Crippen LogP contribution is 2.26. The fraction of sp³-hybridized carbons (Fsp3) is 0.692. The van der Waals surface area contributed by atoms with Crippen molar-refractivity contribution in [3.05, 3.63) is 16.5 Å². The second kappa shape index (κ2) is 8.28. The number of hydrogen-bond donors (Lipinski definition) is 2. The van der Waals surface area contributed by atoms with Gasteiger partial charge in [-0.3, -0.25) is 0 Å². The van der Waals surface area contributed by atoms with Gasteiger partial charge in [-0.2, -0.15) is 0 Å². The summed E-state index contributed by atoms with van der Waals surface area (Å²) in [5.74, 6) is 0.684. The standard InChI is InChI=1S/C13H23BrN2O4S/c1-5-15-7-10-6-12(13(14)20-10)21(17,18)16-11(8-19-4)9(2)3/h6,9,11,15-16H,5,7-8H2,1-4H3. The van der Waals surface area contributed by atoms with Crippen molar-refractivity contribution >= 4 is 26.0 Å². The van der Waals surface area contributed by atoms with Gasteiger partial charge in [0.1, 0.15) is 10.7 Å². The monoisotopic (exact) mass is 382 g/mol. The first-order valence-corrected chi connectivity index (χ1v) is 9.09. The Balaban J connectivity index is 2.93. The van der Waals surface area contributed by atoms with E-state index < -0.39 is 10.0 Å². The summed E-state index contributed by atoms with van der Waals surface area (Å²) < 4.78 is 38.2. The van der Waals surface area contributed by atoms with E-state index in [0.29, 0.717) is 18.9 Å². The maximum atomic E-state index is 12.5. The third kappa shape index (κ3) is 5.37. The van der Waals surface area contributed by atoms with Crippen molar-refractivity contribution in [2.75, 3.05) is 20.3 Å². The number of methoxy groups -OCH3 is 1. The van der Waals surface area contributed by atoms with Crippen molar-refractivity contribution in [1.82, 2.24) is 10.0 Å². The summed E-state index contributed by atoms with van der Waals surface area (Å²) in [6.07, 6.45) is 0. The Kier molecular flexibility index (Phi) is 7.35. The summed E-state index contributed by atoms with van der Waals surface area (Å²) in [4.78, 5) is 0.108. The molecule has 0 radical (unpaired) electrons. The zero-order chi connectivity index (χ0) is 16.0. The number of hydrogen-bond acceptors (Lipinski definition) is 5. The molecule has 0 fully saturated rings. The molecule has 21 heavy (non-hydrogen) atoms. The molecule has 0 saturated carbocycles. The van der Waals surface area contributed by atoms with Crippen LogP contribution in [0.3, 0.4) is 0 Å². The largest absolute Gasteiger partial charge is 0.452 e. The van der Waals surface area contributed by atoms with Gasteiger partial charge in [0.05, 0.1) is 13.2 Å². The van der Waals surface area contributed by atoms with Gasteiger partial charge in [0.2, 0.25) is 10.0 Å². The molecule has 0 aliphatic heterocycles. The highest BCUT2D eigenvalue weighted by molar-refractivity contribution is 9.10. The van der Waals surface area contributed by atoms with Crippen molar-refractivity contribution in [3.63, 3.8) is 0 Å². The molecule has 0 spiro atoms. The van der Waals surface area contributed by atoms with E-state index in [1.54, 1.807) is 7.11 Å². The van der Waals surface area contributed by atoms with Crippen LogP contribution in [0.15, 0.2) is 20.0 Å². The molecule has 0 aliphatic rings. The molecular weight excluding hydrogens is 360 g/mol. The van der Waals surface area contributed by atoms with Gasteiger partial charge >= 0.3 is 0 Å². The SMILES string of the molecule is CCNCc1cc(S(=O)(=O)NC(COC)C(C)C)c(Br)o1. The van der Waals surface area contributed by atoms with Crippen LogP contribution in [-0.2, 0) is 21.3 Å². The summed E-state index contributed by atoms with van der Waals surface area (Å²) in [7, 11) is -2.11. The molecule has 0 aromatic carbocycles. The van der Waals surface area contributed by atoms with Crippen LogP contribution in [0.1, 0.15) is 26.5 Å². The summed E-state index contributed by atoms with van der Waals surface area (Å²) in [6, 6.07) is 1.23. The average molecular weight is 383 g/mol. The highest BCUT2D eigenvalue weighted by Gasteiger charge is 2.27. The van der Waals surface area contributed by atoms with E-state index >= 15 is 0 Å². The van der Waals surface area contributed by atoms with Gasteiger partial charge < -0.3 is 14.5 Å². The molecule has 0 amide bonds. The molecule has 1 rings (SSSR count). The highest BCUT2D eigenvalue weighted by atomic mass is 79.9. The predicted octanol–water partition coefficient (Wildman–Crippen LogP) is 2.10. The molecule has 6 nitrogen and oxygen atoms in total. The van der Waals surface area contributed by atoms with Crippen molar-refractivity contribution in [1.29, 1.82) is 0 Å². The maximum Gasteiger partial charge on any atom is 0.245 e. The van der Waals surface area contributed by atoms with E-state index in [1.165, 1.54) is 6.07 Å². The Morgan fingerprint density at radius 2 is 2.10 bits per heavy atom. The summed E-state index contributed by atoms with van der Waals surface area (Å²) in [6.45, 7) is 7.42. The molecule has 122 valence electrons. The minimum Gasteiger partial charge on any atom is -0.452 e. The Morgan fingerprint density at radius 1 is 1.43 bits per heavy atom. The zero-order valence-corrected chi connectivity index (χ0v) is 15.2. The predicted molar refractivity (Wildman–Crippen MR) is 84.6 cm³/mol. The van der Waals surface area contributed by atoms with Gasteiger partial charge in [0.15, 0.2) is 4.67 Å². The Hall–Kier alpha value is -0.410. The van der Waals surface area contributed by atoms with Crippen LogP contribution in [0.25, 0.3) is 0 Å². The molecule has 8 heteroatoms. The topological polar surface area (TPSA) is 80.6 Å². The number of sulfonamides is 1. The Bertz CT molecular complexity index is 542. The Morgan fingerprint density at radius 3 is 2.62 bits per heavy atom. The first-order chi connectivity index (χ1) is 9.81. The summed E-state index contributed by atoms with van der Waals surface area (Å²) in [5.41, 5.74) is 0. The minimum atomic E-state index is -3.66. The number of ether oxygens (including phenoxy) is 1. The van der Waals surface area contributed by atoms with Crippen LogP contribution in [-0.4, -0.2) is 34.7 Å². The molecule has 1 unspecified atom stereocenters. The van der Waals surface area contributed by atoms with Gasteiger partial charge in [0, 0.05) is 19.2 Å². The summed E-state index contributed by atoms with van der Waals surface area (Å²) >= 11 is 3.17. The van der Waals surface area contributed by atoms with Crippen LogP contribution in [0.5, 0.6) is 0 Å². The lowest BCUT2D eigenvalue weighted by atomic mass is 10.1. The second-order valence-electron chi connectivity index (χ2n) is 5.06. The molecule has 0 aliphatic carbocycles. The molecule has 1 atom stereocenters. The lowest BCUT2D eigenvalue weighted by Crippen LogP contribution is -2.41. The van der Waals surface area contributed by atoms with Gasteiger partial charge in [0.25, 0.3) is 0 Å². The van der Waals surface area contributed by atoms with E-state index in [2.05, 4.69) is 26.0 Å². The lowest BCUT2D eigenvalue weighted by molar-refractivity contribution is 0.157. The number of halogens is 1. The lowest BCUT2D eigenvalue weighted by Gasteiger charge is -2.20. The van der Waals surface area contributed by atoms with Crippen LogP contribution >= 0.6 is 15.9 Å². The molecule has 1 aromatic heterocycles. The van der Waals surface area contributed by atoms with Crippen molar-refractivity contribution < 1.29 is 17.6 Å². The van der Waals surface area contributed by atoms with E-state index in [0.717, 1.165) is 6.54 Å². The van der Waals surface area contributed by atoms with Crippen LogP contribution in [0.2, 0.25) is 0 Å². The van der Waals surface area contributed by atoms with Crippen LogP contribution in [0.4, 0.5) is 0 Å². The van der Waals surface area contributed by atoms with Gasteiger partial charge in [-0.1, -0.05) is 20.8 Å². The maximum absolute atomic E-state index is 12.5. The van der Waals surface area contributed by atoms with Gasteiger partial charge in [-0.05, 0) is 28.4 Å². The third-order valence-corrected chi connectivity index (χ3v) is 5.35. The minimum absolute atomic E-state index is 0.108. The van der Waals surface area contributed by atoms with Gasteiger partial charge in [-0.25, -0.2) is 13.1 Å². The molecule has 0 saturated heterocycles. The molecule has 0 bridgehead atoms. The van der Waals surface area contributed by atoms with E-state index in [1.807, 2.05) is 20.8 Å².